The molecule has 1 aliphatic rings. The van der Waals surface area contributed by atoms with Crippen LogP contribution in [0.1, 0.15) is 25.7 Å². The minimum atomic E-state index is -0.268. The van der Waals surface area contributed by atoms with E-state index in [0.717, 1.165) is 25.7 Å². The van der Waals surface area contributed by atoms with Crippen molar-refractivity contribution >= 4 is 11.7 Å². The van der Waals surface area contributed by atoms with Crippen LogP contribution in [0.15, 0.2) is 36.8 Å². The average Bonchev–Trinajstić information content (AvgIpc) is 3.04. The minimum absolute atomic E-state index is 0.0274. The second-order valence-electron chi connectivity index (χ2n) is 5.79. The van der Waals surface area contributed by atoms with Crippen LogP contribution in [0.5, 0.6) is 0 Å². The first-order chi connectivity index (χ1) is 11.3. The molecule has 3 N–H and O–H groups in total. The Kier molecular flexibility index (Phi) is 4.87. The summed E-state index contributed by atoms with van der Waals surface area (Å²) in [4.78, 5) is 16.3. The van der Waals surface area contributed by atoms with E-state index in [2.05, 4.69) is 20.7 Å². The summed E-state index contributed by atoms with van der Waals surface area (Å²) in [5.74, 6) is 0.833. The van der Waals surface area contributed by atoms with Gasteiger partial charge in [0.2, 0.25) is 0 Å². The third-order valence-corrected chi connectivity index (χ3v) is 4.18. The quantitative estimate of drug-likeness (QED) is 0.804. The van der Waals surface area contributed by atoms with Crippen molar-refractivity contribution in [2.75, 3.05) is 11.9 Å². The van der Waals surface area contributed by atoms with Gasteiger partial charge in [0, 0.05) is 24.8 Å². The number of amides is 2. The monoisotopic (exact) mass is 315 g/mol. The van der Waals surface area contributed by atoms with Crippen molar-refractivity contribution in [2.24, 2.45) is 5.92 Å². The van der Waals surface area contributed by atoms with Gasteiger partial charge < -0.3 is 15.7 Å². The van der Waals surface area contributed by atoms with Crippen LogP contribution in [0, 0.1) is 5.92 Å². The molecule has 0 unspecified atom stereocenters. The van der Waals surface area contributed by atoms with Crippen molar-refractivity contribution in [2.45, 2.75) is 31.7 Å². The largest absolute Gasteiger partial charge is 0.396 e. The molecule has 0 aromatic carbocycles. The zero-order valence-electron chi connectivity index (χ0n) is 12.9. The summed E-state index contributed by atoms with van der Waals surface area (Å²) in [7, 11) is 0. The van der Waals surface area contributed by atoms with Crippen LogP contribution >= 0.6 is 0 Å². The normalized spacial score (nSPS) is 20.9. The van der Waals surface area contributed by atoms with Crippen molar-refractivity contribution in [3.8, 4) is 5.82 Å². The first-order valence-corrected chi connectivity index (χ1v) is 7.90. The van der Waals surface area contributed by atoms with Crippen molar-refractivity contribution in [1.29, 1.82) is 0 Å². The molecular formula is C16H21N5O2. The van der Waals surface area contributed by atoms with Crippen LogP contribution in [-0.4, -0.2) is 38.6 Å². The Balaban J connectivity index is 1.59. The molecule has 0 spiro atoms. The maximum absolute atomic E-state index is 12.1. The van der Waals surface area contributed by atoms with Gasteiger partial charge in [-0.15, -0.1) is 0 Å². The topological polar surface area (TPSA) is 92.1 Å². The molecule has 0 aliphatic heterocycles. The van der Waals surface area contributed by atoms with Crippen LogP contribution in [-0.2, 0) is 0 Å². The third kappa shape index (κ3) is 3.87. The van der Waals surface area contributed by atoms with Gasteiger partial charge in [0.05, 0.1) is 18.1 Å². The third-order valence-electron chi connectivity index (χ3n) is 4.18. The molecule has 2 heterocycles. The molecule has 7 heteroatoms. The fraction of sp³-hybridized carbons (Fsp3) is 0.438. The van der Waals surface area contributed by atoms with Gasteiger partial charge in [-0.25, -0.2) is 14.5 Å². The molecule has 1 aliphatic carbocycles. The predicted molar refractivity (Wildman–Crippen MR) is 86.3 cm³/mol. The number of pyridine rings is 1. The summed E-state index contributed by atoms with van der Waals surface area (Å²) in [6, 6.07) is 5.31. The molecule has 122 valence electrons. The first kappa shape index (κ1) is 15.5. The van der Waals surface area contributed by atoms with E-state index in [9.17, 15) is 9.90 Å². The standard InChI is InChI=1S/C16H21N5O2/c22-11-12-5-1-2-6-14(12)20-16(23)19-13-9-18-21(10-13)15-7-3-4-8-17-15/h3-4,7-10,12,14,22H,1-2,5-6,11H2,(H2,19,20,23)/t12-,14+/m0/s1. The number of carbonyl (C=O) groups is 1. The summed E-state index contributed by atoms with van der Waals surface area (Å²) in [6.07, 6.45) is 9.05. The second-order valence-corrected chi connectivity index (χ2v) is 5.79. The lowest BCUT2D eigenvalue weighted by molar-refractivity contribution is 0.156. The maximum atomic E-state index is 12.1. The number of carbonyl (C=O) groups excluding carboxylic acids is 1. The van der Waals surface area contributed by atoms with E-state index in [1.165, 1.54) is 0 Å². The summed E-state index contributed by atoms with van der Waals surface area (Å²) < 4.78 is 1.60. The lowest BCUT2D eigenvalue weighted by Gasteiger charge is -2.30. The highest BCUT2D eigenvalue weighted by Crippen LogP contribution is 2.24. The molecule has 7 nitrogen and oxygen atoms in total. The molecule has 23 heavy (non-hydrogen) atoms. The van der Waals surface area contributed by atoms with Gasteiger partial charge in [-0.2, -0.15) is 5.10 Å². The van der Waals surface area contributed by atoms with Crippen molar-refractivity contribution in [3.63, 3.8) is 0 Å². The lowest BCUT2D eigenvalue weighted by atomic mass is 9.85. The SMILES string of the molecule is O=C(Nc1cnn(-c2ccccn2)c1)N[C@@H]1CCCC[C@H]1CO. The van der Waals surface area contributed by atoms with E-state index in [-0.39, 0.29) is 24.6 Å². The van der Waals surface area contributed by atoms with Gasteiger partial charge in [-0.1, -0.05) is 18.9 Å². The van der Waals surface area contributed by atoms with Crippen LogP contribution in [0.4, 0.5) is 10.5 Å². The lowest BCUT2D eigenvalue weighted by Crippen LogP contribution is -2.45. The minimum Gasteiger partial charge on any atom is -0.396 e. The average molecular weight is 315 g/mol. The molecule has 3 rings (SSSR count). The second kappa shape index (κ2) is 7.23. The Hall–Kier alpha value is -2.41. The van der Waals surface area contributed by atoms with E-state index >= 15 is 0 Å². The van der Waals surface area contributed by atoms with Crippen molar-refractivity contribution in [1.82, 2.24) is 20.1 Å². The molecule has 1 fully saturated rings. The van der Waals surface area contributed by atoms with Gasteiger partial charge in [-0.05, 0) is 25.0 Å². The number of hydrogen-bond donors (Lipinski definition) is 3. The molecule has 0 bridgehead atoms. The van der Waals surface area contributed by atoms with E-state index in [1.54, 1.807) is 23.3 Å². The number of nitrogens with one attached hydrogen (secondary N) is 2. The van der Waals surface area contributed by atoms with Gasteiger partial charge in [0.1, 0.15) is 0 Å². The smallest absolute Gasteiger partial charge is 0.319 e. The van der Waals surface area contributed by atoms with E-state index in [1.807, 2.05) is 18.2 Å². The molecule has 2 amide bonds. The number of aromatic nitrogens is 3. The van der Waals surface area contributed by atoms with Gasteiger partial charge in [-0.3, -0.25) is 0 Å². The maximum Gasteiger partial charge on any atom is 0.319 e. The summed E-state index contributed by atoms with van der Waals surface area (Å²) in [5.41, 5.74) is 0.601. The Morgan fingerprint density at radius 1 is 1.35 bits per heavy atom. The molecule has 2 aromatic rings. The van der Waals surface area contributed by atoms with Gasteiger partial charge in [0.15, 0.2) is 5.82 Å². The molecule has 1 saturated carbocycles. The van der Waals surface area contributed by atoms with Crippen molar-refractivity contribution < 1.29 is 9.90 Å². The number of anilines is 1. The number of hydrogen-bond acceptors (Lipinski definition) is 4. The fourth-order valence-corrected chi connectivity index (χ4v) is 2.95. The Morgan fingerprint density at radius 3 is 3.00 bits per heavy atom. The predicted octanol–water partition coefficient (Wildman–Crippen LogP) is 1.94. The zero-order chi connectivity index (χ0) is 16.1. The van der Waals surface area contributed by atoms with E-state index in [4.69, 9.17) is 0 Å². The molecule has 0 radical (unpaired) electrons. The number of rotatable bonds is 4. The number of aliphatic hydroxyl groups is 1. The molecular weight excluding hydrogens is 294 g/mol. The Labute approximate surface area is 134 Å². The van der Waals surface area contributed by atoms with Gasteiger partial charge >= 0.3 is 6.03 Å². The Bertz CT molecular complexity index is 643. The van der Waals surface area contributed by atoms with Crippen LogP contribution < -0.4 is 10.6 Å². The highest BCUT2D eigenvalue weighted by atomic mass is 16.3. The fourth-order valence-electron chi connectivity index (χ4n) is 2.95. The highest BCUT2D eigenvalue weighted by Gasteiger charge is 2.25. The number of urea groups is 1. The molecule has 0 saturated heterocycles. The van der Waals surface area contributed by atoms with Crippen molar-refractivity contribution in [3.05, 3.63) is 36.8 Å². The molecule has 2 aromatic heterocycles. The van der Waals surface area contributed by atoms with E-state index in [0.29, 0.717) is 11.5 Å². The first-order valence-electron chi connectivity index (χ1n) is 7.90. The van der Waals surface area contributed by atoms with Crippen LogP contribution in [0.3, 0.4) is 0 Å². The Morgan fingerprint density at radius 2 is 2.22 bits per heavy atom. The summed E-state index contributed by atoms with van der Waals surface area (Å²) >= 11 is 0. The number of nitrogens with zero attached hydrogens (tertiary/aromatic N) is 3. The van der Waals surface area contributed by atoms with Crippen LogP contribution in [0.25, 0.3) is 5.82 Å². The zero-order valence-corrected chi connectivity index (χ0v) is 12.9. The van der Waals surface area contributed by atoms with Crippen LogP contribution in [0.2, 0.25) is 0 Å². The summed E-state index contributed by atoms with van der Waals surface area (Å²) in [5, 5.41) is 19.3. The summed E-state index contributed by atoms with van der Waals surface area (Å²) in [6.45, 7) is 0.114. The number of aliphatic hydroxyl groups excluding tert-OH is 1. The van der Waals surface area contributed by atoms with Gasteiger partial charge in [0.25, 0.3) is 0 Å². The highest BCUT2D eigenvalue weighted by molar-refractivity contribution is 5.89. The van der Waals surface area contributed by atoms with E-state index < -0.39 is 0 Å². The molecule has 2 atom stereocenters.